The number of rotatable bonds is 5. The number of hydrogen-bond acceptors (Lipinski definition) is 9. The van der Waals surface area contributed by atoms with Crippen molar-refractivity contribution in [1.82, 2.24) is 19.5 Å². The molecule has 2 aromatic heterocycles. The van der Waals surface area contributed by atoms with Crippen molar-refractivity contribution in [2.75, 3.05) is 12.3 Å². The molecule has 0 spiro atoms. The lowest BCUT2D eigenvalue weighted by Crippen LogP contribution is -2.33. The number of alkyl halides is 3. The first kappa shape index (κ1) is 23.9. The first-order chi connectivity index (χ1) is 17.2. The van der Waals surface area contributed by atoms with E-state index < -0.39 is 42.9 Å². The van der Waals surface area contributed by atoms with Crippen LogP contribution < -0.4 is 10.5 Å². The van der Waals surface area contributed by atoms with Crippen LogP contribution in [0.15, 0.2) is 54.9 Å². The molecule has 0 aliphatic carbocycles. The van der Waals surface area contributed by atoms with Gasteiger partial charge in [0.05, 0.1) is 18.5 Å². The van der Waals surface area contributed by atoms with Crippen LogP contribution in [0.4, 0.5) is 19.0 Å². The van der Waals surface area contributed by atoms with Gasteiger partial charge in [-0.1, -0.05) is 24.3 Å². The molecule has 0 unspecified atom stereocenters. The topological polar surface area (TPSA) is 149 Å². The molecule has 13 heteroatoms. The van der Waals surface area contributed by atoms with Crippen LogP contribution in [-0.2, 0) is 10.9 Å². The monoisotopic (exact) mass is 503 g/mol. The van der Waals surface area contributed by atoms with Crippen molar-refractivity contribution < 1.29 is 38.0 Å². The lowest BCUT2D eigenvalue weighted by molar-refractivity contribution is -0.137. The molecule has 4 atom stereocenters. The minimum atomic E-state index is -4.43. The van der Waals surface area contributed by atoms with E-state index in [2.05, 4.69) is 15.0 Å². The molecule has 0 bridgehead atoms. The summed E-state index contributed by atoms with van der Waals surface area (Å²) in [6.45, 7) is -0.498. The number of anilines is 1. The number of hydrogen-bond donors (Lipinski definition) is 4. The van der Waals surface area contributed by atoms with Crippen LogP contribution in [0.1, 0.15) is 11.8 Å². The molecule has 1 aliphatic heterocycles. The van der Waals surface area contributed by atoms with Crippen LogP contribution in [0.5, 0.6) is 11.8 Å². The Bertz CT molecular complexity index is 1400. The number of aromatic nitrogens is 4. The largest absolute Gasteiger partial charge is 0.424 e. The van der Waals surface area contributed by atoms with Crippen LogP contribution in [0.25, 0.3) is 22.3 Å². The highest BCUT2D eigenvalue weighted by Gasteiger charge is 2.44. The van der Waals surface area contributed by atoms with Crippen LogP contribution >= 0.6 is 0 Å². The molecule has 5 N–H and O–H groups in total. The van der Waals surface area contributed by atoms with Crippen LogP contribution in [0.3, 0.4) is 0 Å². The zero-order valence-corrected chi connectivity index (χ0v) is 18.4. The second-order valence-electron chi connectivity index (χ2n) is 8.15. The summed E-state index contributed by atoms with van der Waals surface area (Å²) in [6, 6.07) is 11.2. The van der Waals surface area contributed by atoms with Gasteiger partial charge >= 0.3 is 12.2 Å². The van der Waals surface area contributed by atoms with Gasteiger partial charge in [-0.3, -0.25) is 4.57 Å². The first-order valence-corrected chi connectivity index (χ1v) is 10.7. The maximum atomic E-state index is 12.9. The van der Waals surface area contributed by atoms with E-state index >= 15 is 0 Å². The summed E-state index contributed by atoms with van der Waals surface area (Å²) in [5.41, 5.74) is 6.79. The highest BCUT2D eigenvalue weighted by Crippen LogP contribution is 2.34. The Balaban J connectivity index is 1.44. The Hall–Kier alpha value is -3.78. The Labute approximate surface area is 201 Å². The van der Waals surface area contributed by atoms with Crippen LogP contribution in [-0.4, -0.2) is 59.8 Å². The van der Waals surface area contributed by atoms with Gasteiger partial charge in [-0.25, -0.2) is 4.98 Å². The van der Waals surface area contributed by atoms with Crippen molar-refractivity contribution in [2.24, 2.45) is 0 Å². The molecule has 0 radical (unpaired) electrons. The third kappa shape index (κ3) is 4.33. The number of nitrogen functional groups attached to an aromatic ring is 1. The Morgan fingerprint density at radius 1 is 1.03 bits per heavy atom. The molecule has 1 fully saturated rings. The van der Waals surface area contributed by atoms with Crippen molar-refractivity contribution in [1.29, 1.82) is 0 Å². The normalized spacial score (nSPS) is 22.3. The van der Waals surface area contributed by atoms with Crippen molar-refractivity contribution in [3.8, 4) is 22.9 Å². The quantitative estimate of drug-likeness (QED) is 0.322. The Morgan fingerprint density at radius 3 is 2.44 bits per heavy atom. The van der Waals surface area contributed by atoms with Crippen LogP contribution in [0.2, 0.25) is 0 Å². The summed E-state index contributed by atoms with van der Waals surface area (Å²) in [4.78, 5) is 12.5. The fraction of sp³-hybridized carbons (Fsp3) is 0.261. The number of benzene rings is 2. The fourth-order valence-corrected chi connectivity index (χ4v) is 3.96. The predicted octanol–water partition coefficient (Wildman–Crippen LogP) is 2.50. The summed E-state index contributed by atoms with van der Waals surface area (Å²) < 4.78 is 51.2. The van der Waals surface area contributed by atoms with E-state index in [0.29, 0.717) is 16.9 Å². The molecule has 2 aromatic carbocycles. The summed E-state index contributed by atoms with van der Waals surface area (Å²) in [5.74, 6) is 0.282. The fourth-order valence-electron chi connectivity index (χ4n) is 3.96. The highest BCUT2D eigenvalue weighted by atomic mass is 19.4. The third-order valence-electron chi connectivity index (χ3n) is 5.81. The lowest BCUT2D eigenvalue weighted by Gasteiger charge is -2.16. The first-order valence-electron chi connectivity index (χ1n) is 10.7. The SMILES string of the molecule is Nc1nc(Oc2cccc(-c3ccc(C(F)(F)F)cc3)c2)nc2c1ncn2[C@@H]1O[C@H](CO)[C@@H](O)[C@H]1O. The number of halogens is 3. The molecule has 0 saturated carbocycles. The number of aliphatic hydroxyl groups is 3. The standard InChI is InChI=1S/C23H20F3N5O5/c24-23(25,26)13-6-4-11(5-7-13)12-2-1-3-14(8-12)35-22-29-19(27)16-20(30-22)31(10-28-16)21-18(34)17(33)15(9-32)36-21/h1-8,10,15,17-18,21,32-34H,9H2,(H2,27,29,30)/t15-,17-,18-,21-/m1/s1. The molecule has 36 heavy (non-hydrogen) atoms. The van der Waals surface area contributed by atoms with Gasteiger partial charge in [0.1, 0.15) is 24.1 Å². The van der Waals surface area contributed by atoms with Gasteiger partial charge in [0.15, 0.2) is 23.2 Å². The molecule has 10 nitrogen and oxygen atoms in total. The van der Waals surface area contributed by atoms with Gasteiger partial charge in [0.2, 0.25) is 0 Å². The van der Waals surface area contributed by atoms with Gasteiger partial charge in [0, 0.05) is 0 Å². The van der Waals surface area contributed by atoms with E-state index in [1.807, 2.05) is 0 Å². The van der Waals surface area contributed by atoms with Crippen molar-refractivity contribution in [3.63, 3.8) is 0 Å². The molecule has 5 rings (SSSR count). The van der Waals surface area contributed by atoms with E-state index in [-0.39, 0.29) is 23.0 Å². The van der Waals surface area contributed by atoms with Crippen molar-refractivity contribution >= 4 is 17.0 Å². The molecule has 1 aliphatic rings. The van der Waals surface area contributed by atoms with E-state index in [1.54, 1.807) is 24.3 Å². The van der Waals surface area contributed by atoms with Gasteiger partial charge in [-0.15, -0.1) is 0 Å². The van der Waals surface area contributed by atoms with E-state index in [4.69, 9.17) is 15.2 Å². The van der Waals surface area contributed by atoms with E-state index in [9.17, 15) is 28.5 Å². The Morgan fingerprint density at radius 2 is 1.78 bits per heavy atom. The van der Waals surface area contributed by atoms with Gasteiger partial charge in [-0.2, -0.15) is 23.1 Å². The summed E-state index contributed by atoms with van der Waals surface area (Å²) in [5, 5.41) is 29.8. The van der Waals surface area contributed by atoms with Crippen molar-refractivity contribution in [3.05, 3.63) is 60.4 Å². The minimum absolute atomic E-state index is 0.0145. The third-order valence-corrected chi connectivity index (χ3v) is 5.81. The maximum absolute atomic E-state index is 12.9. The molecule has 3 heterocycles. The van der Waals surface area contributed by atoms with Crippen LogP contribution in [0, 0.1) is 0 Å². The Kier molecular flexibility index (Phi) is 6.00. The van der Waals surface area contributed by atoms with Gasteiger partial charge in [-0.05, 0) is 35.4 Å². The second-order valence-corrected chi connectivity index (χ2v) is 8.15. The number of ether oxygens (including phenoxy) is 2. The molecule has 4 aromatic rings. The smallest absolute Gasteiger partial charge is 0.416 e. The average molecular weight is 503 g/mol. The van der Waals surface area contributed by atoms with Crippen molar-refractivity contribution in [2.45, 2.75) is 30.7 Å². The minimum Gasteiger partial charge on any atom is -0.424 e. The summed E-state index contributed by atoms with van der Waals surface area (Å²) in [6.07, 6.45) is -7.88. The molecule has 188 valence electrons. The number of nitrogens with two attached hydrogens (primary N) is 1. The lowest BCUT2D eigenvalue weighted by atomic mass is 10.0. The molecular formula is C23H20F3N5O5. The number of imidazole rings is 1. The maximum Gasteiger partial charge on any atom is 0.416 e. The highest BCUT2D eigenvalue weighted by molar-refractivity contribution is 5.82. The van der Waals surface area contributed by atoms with Gasteiger partial charge in [0.25, 0.3) is 0 Å². The predicted molar refractivity (Wildman–Crippen MR) is 120 cm³/mol. The molecule has 1 saturated heterocycles. The average Bonchev–Trinajstić information content (AvgIpc) is 3.39. The zero-order chi connectivity index (χ0) is 25.6. The zero-order valence-electron chi connectivity index (χ0n) is 18.4. The summed E-state index contributed by atoms with van der Waals surface area (Å²) >= 11 is 0. The molecular weight excluding hydrogens is 483 g/mol. The van der Waals surface area contributed by atoms with Gasteiger partial charge < -0.3 is 30.5 Å². The number of nitrogens with zero attached hydrogens (tertiary/aromatic N) is 4. The summed E-state index contributed by atoms with van der Waals surface area (Å²) in [7, 11) is 0. The van der Waals surface area contributed by atoms with E-state index in [1.165, 1.54) is 23.0 Å². The van der Waals surface area contributed by atoms with E-state index in [0.717, 1.165) is 12.1 Å². The second kappa shape index (κ2) is 9.02. The number of aliphatic hydroxyl groups excluding tert-OH is 3. The molecule has 0 amide bonds. The number of fused-ring (bicyclic) bond motifs is 1.